The lowest BCUT2D eigenvalue weighted by Crippen LogP contribution is -2.39. The summed E-state index contributed by atoms with van der Waals surface area (Å²) < 4.78 is 51.7. The molecule has 0 aromatic carbocycles. The smallest absolute Gasteiger partial charge is 0.210 e. The molecule has 1 atom stereocenters. The molecule has 0 saturated carbocycles. The van der Waals surface area contributed by atoms with E-state index in [1.54, 1.807) is 0 Å². The van der Waals surface area contributed by atoms with Gasteiger partial charge in [0, 0.05) is 13.1 Å². The van der Waals surface area contributed by atoms with Gasteiger partial charge in [0.05, 0.1) is 11.9 Å². The quantitative estimate of drug-likeness (QED) is 0.856. The first-order valence-electron chi connectivity index (χ1n) is 6.16. The van der Waals surface area contributed by atoms with Crippen molar-refractivity contribution >= 4 is 10.0 Å². The number of nitrogens with zero attached hydrogens (tertiary/aromatic N) is 3. The maximum Gasteiger partial charge on any atom is 0.333 e. The van der Waals surface area contributed by atoms with Crippen LogP contribution in [-0.4, -0.2) is 35.6 Å². The molecule has 2 rings (SSSR count). The van der Waals surface area contributed by atoms with Crippen LogP contribution in [0.1, 0.15) is 32.0 Å². The van der Waals surface area contributed by atoms with Crippen molar-refractivity contribution in [1.29, 1.82) is 0 Å². The predicted octanol–water partition coefficient (Wildman–Crippen LogP) is 2.01. The van der Waals surface area contributed by atoms with Gasteiger partial charge in [-0.15, -0.1) is 0 Å². The van der Waals surface area contributed by atoms with Crippen molar-refractivity contribution in [2.75, 3.05) is 13.1 Å². The normalized spacial score (nSPS) is 22.1. The third-order valence-corrected chi connectivity index (χ3v) is 5.28. The standard InChI is InChI=1S/C11H17F2N3O2S/c1-8-4-3-5-15(6-8)19(17,18)10-7-16(11(12)13)14-9(10)2/h7-8,11H,3-6H2,1-2H3. The lowest BCUT2D eigenvalue weighted by Gasteiger charge is -2.29. The molecule has 1 aromatic rings. The summed E-state index contributed by atoms with van der Waals surface area (Å²) in [4.78, 5) is -0.123. The number of aryl methyl sites for hydroxylation is 1. The van der Waals surface area contributed by atoms with Crippen LogP contribution in [0, 0.1) is 12.8 Å². The van der Waals surface area contributed by atoms with Crippen LogP contribution in [-0.2, 0) is 10.0 Å². The van der Waals surface area contributed by atoms with Crippen molar-refractivity contribution in [3.63, 3.8) is 0 Å². The predicted molar refractivity (Wildman–Crippen MR) is 65.4 cm³/mol. The number of aromatic nitrogens is 2. The number of piperidine rings is 1. The van der Waals surface area contributed by atoms with Gasteiger partial charge in [0.1, 0.15) is 4.90 Å². The first-order valence-corrected chi connectivity index (χ1v) is 7.60. The molecule has 1 aromatic heterocycles. The Balaban J connectivity index is 2.33. The van der Waals surface area contributed by atoms with Gasteiger partial charge in [-0.2, -0.15) is 18.2 Å². The van der Waals surface area contributed by atoms with Crippen molar-refractivity contribution in [2.45, 2.75) is 38.1 Å². The minimum Gasteiger partial charge on any atom is -0.210 e. The molecule has 2 heterocycles. The number of halogens is 2. The van der Waals surface area contributed by atoms with Gasteiger partial charge >= 0.3 is 6.55 Å². The Bertz CT molecular complexity index is 556. The van der Waals surface area contributed by atoms with E-state index >= 15 is 0 Å². The van der Waals surface area contributed by atoms with Gasteiger partial charge in [0.2, 0.25) is 10.0 Å². The maximum atomic E-state index is 12.5. The van der Waals surface area contributed by atoms with Crippen LogP contribution in [0.15, 0.2) is 11.1 Å². The van der Waals surface area contributed by atoms with Crippen LogP contribution in [0.3, 0.4) is 0 Å². The van der Waals surface area contributed by atoms with E-state index in [0.29, 0.717) is 17.8 Å². The molecule has 5 nitrogen and oxygen atoms in total. The molecule has 1 aliphatic heterocycles. The van der Waals surface area contributed by atoms with Gasteiger partial charge in [0.25, 0.3) is 0 Å². The van der Waals surface area contributed by atoms with Crippen LogP contribution in [0.2, 0.25) is 0 Å². The molecule has 1 saturated heterocycles. The second-order valence-electron chi connectivity index (χ2n) is 4.95. The summed E-state index contributed by atoms with van der Waals surface area (Å²) in [7, 11) is -3.72. The average molecular weight is 293 g/mol. The summed E-state index contributed by atoms with van der Waals surface area (Å²) in [5.41, 5.74) is 0.110. The molecule has 0 amide bonds. The lowest BCUT2D eigenvalue weighted by molar-refractivity contribution is 0.0561. The molecular weight excluding hydrogens is 276 g/mol. The van der Waals surface area contributed by atoms with Crippen molar-refractivity contribution in [2.24, 2.45) is 5.92 Å². The van der Waals surface area contributed by atoms with Gasteiger partial charge in [-0.3, -0.25) is 0 Å². The highest BCUT2D eigenvalue weighted by atomic mass is 32.2. The molecule has 8 heteroatoms. The molecule has 1 aliphatic rings. The van der Waals surface area contributed by atoms with E-state index in [1.165, 1.54) is 11.2 Å². The Hall–Kier alpha value is -1.02. The summed E-state index contributed by atoms with van der Waals surface area (Å²) in [6.07, 6.45) is 2.69. The molecule has 0 N–H and O–H groups in total. The van der Waals surface area contributed by atoms with Crippen LogP contribution in [0.25, 0.3) is 0 Å². The van der Waals surface area contributed by atoms with E-state index in [-0.39, 0.29) is 16.5 Å². The fourth-order valence-electron chi connectivity index (χ4n) is 2.32. The summed E-state index contributed by atoms with van der Waals surface area (Å²) in [5, 5.41) is 3.55. The Kier molecular flexibility index (Phi) is 3.91. The molecule has 0 radical (unpaired) electrons. The largest absolute Gasteiger partial charge is 0.333 e. The second kappa shape index (κ2) is 5.16. The lowest BCUT2D eigenvalue weighted by atomic mass is 10.0. The highest BCUT2D eigenvalue weighted by molar-refractivity contribution is 7.89. The van der Waals surface area contributed by atoms with Gasteiger partial charge in [0.15, 0.2) is 0 Å². The Labute approximate surface area is 111 Å². The number of hydrogen-bond donors (Lipinski definition) is 0. The zero-order chi connectivity index (χ0) is 14.2. The van der Waals surface area contributed by atoms with E-state index in [9.17, 15) is 17.2 Å². The first kappa shape index (κ1) is 14.4. The summed E-state index contributed by atoms with van der Waals surface area (Å²) >= 11 is 0. The molecular formula is C11H17F2N3O2S. The maximum absolute atomic E-state index is 12.5. The van der Waals surface area contributed by atoms with E-state index in [0.717, 1.165) is 19.0 Å². The zero-order valence-corrected chi connectivity index (χ0v) is 11.7. The third-order valence-electron chi connectivity index (χ3n) is 3.31. The van der Waals surface area contributed by atoms with Gasteiger partial charge in [-0.05, 0) is 25.7 Å². The van der Waals surface area contributed by atoms with Crippen LogP contribution in [0.5, 0.6) is 0 Å². The molecule has 0 bridgehead atoms. The summed E-state index contributed by atoms with van der Waals surface area (Å²) in [5.74, 6) is 0.286. The molecule has 19 heavy (non-hydrogen) atoms. The highest BCUT2D eigenvalue weighted by Crippen LogP contribution is 2.26. The van der Waals surface area contributed by atoms with Crippen molar-refractivity contribution < 1.29 is 17.2 Å². The SMILES string of the molecule is Cc1nn(C(F)F)cc1S(=O)(=O)N1CCCC(C)C1. The molecule has 1 fully saturated rings. The van der Waals surface area contributed by atoms with E-state index in [1.807, 2.05) is 6.92 Å². The number of alkyl halides is 2. The van der Waals surface area contributed by atoms with Crippen molar-refractivity contribution in [3.8, 4) is 0 Å². The fraction of sp³-hybridized carbons (Fsp3) is 0.727. The average Bonchev–Trinajstić information content (AvgIpc) is 2.72. The minimum atomic E-state index is -3.72. The van der Waals surface area contributed by atoms with Crippen LogP contribution in [0.4, 0.5) is 8.78 Å². The molecule has 108 valence electrons. The van der Waals surface area contributed by atoms with E-state index in [4.69, 9.17) is 0 Å². The topological polar surface area (TPSA) is 55.2 Å². The second-order valence-corrected chi connectivity index (χ2v) is 6.85. The molecule has 0 aliphatic carbocycles. The van der Waals surface area contributed by atoms with Gasteiger partial charge in [-0.25, -0.2) is 13.1 Å². The Morgan fingerprint density at radius 3 is 2.68 bits per heavy atom. The number of sulfonamides is 1. The molecule has 0 spiro atoms. The zero-order valence-electron chi connectivity index (χ0n) is 10.9. The number of hydrogen-bond acceptors (Lipinski definition) is 3. The van der Waals surface area contributed by atoms with Crippen molar-refractivity contribution in [1.82, 2.24) is 14.1 Å². The summed E-state index contributed by atoms with van der Waals surface area (Å²) in [6.45, 7) is 1.45. The highest BCUT2D eigenvalue weighted by Gasteiger charge is 2.31. The van der Waals surface area contributed by atoms with Crippen LogP contribution < -0.4 is 0 Å². The van der Waals surface area contributed by atoms with Gasteiger partial charge < -0.3 is 0 Å². The third kappa shape index (κ3) is 2.79. The van der Waals surface area contributed by atoms with E-state index in [2.05, 4.69) is 5.10 Å². The number of rotatable bonds is 3. The summed E-state index contributed by atoms with van der Waals surface area (Å²) in [6, 6.07) is 0. The minimum absolute atomic E-state index is 0.110. The van der Waals surface area contributed by atoms with E-state index < -0.39 is 16.6 Å². The van der Waals surface area contributed by atoms with Crippen LogP contribution >= 0.6 is 0 Å². The van der Waals surface area contributed by atoms with Gasteiger partial charge in [-0.1, -0.05) is 6.92 Å². The Morgan fingerprint density at radius 1 is 1.47 bits per heavy atom. The Morgan fingerprint density at radius 2 is 2.16 bits per heavy atom. The molecule has 1 unspecified atom stereocenters. The first-order chi connectivity index (χ1) is 8.82. The fourth-order valence-corrected chi connectivity index (χ4v) is 4.08. The monoisotopic (exact) mass is 293 g/mol. The van der Waals surface area contributed by atoms with Crippen molar-refractivity contribution in [3.05, 3.63) is 11.9 Å².